The number of anilines is 1. The van der Waals surface area contributed by atoms with Gasteiger partial charge in [0.25, 0.3) is 0 Å². The van der Waals surface area contributed by atoms with Crippen molar-refractivity contribution in [2.75, 3.05) is 11.9 Å². The Morgan fingerprint density at radius 3 is 2.73 bits per heavy atom. The highest BCUT2D eigenvalue weighted by molar-refractivity contribution is 6.77. The van der Waals surface area contributed by atoms with Crippen molar-refractivity contribution in [2.45, 2.75) is 89.1 Å². The van der Waals surface area contributed by atoms with E-state index >= 15 is 0 Å². The van der Waals surface area contributed by atoms with Crippen molar-refractivity contribution in [3.63, 3.8) is 0 Å². The van der Waals surface area contributed by atoms with E-state index in [1.807, 2.05) is 0 Å². The van der Waals surface area contributed by atoms with E-state index in [-0.39, 0.29) is 0 Å². The third kappa shape index (κ3) is 4.05. The number of rotatable bonds is 3. The summed E-state index contributed by atoms with van der Waals surface area (Å²) in [6.07, 6.45) is 17.1. The van der Waals surface area contributed by atoms with Crippen LogP contribution in [0.25, 0.3) is 0 Å². The maximum Gasteiger partial charge on any atom is 0.108 e. The van der Waals surface area contributed by atoms with Crippen molar-refractivity contribution in [2.24, 2.45) is 17.8 Å². The molecule has 5 unspecified atom stereocenters. The molecule has 0 bridgehead atoms. The Bertz CT molecular complexity index is 1010. The van der Waals surface area contributed by atoms with Crippen LogP contribution in [-0.2, 0) is 11.2 Å². The fourth-order valence-corrected chi connectivity index (χ4v) is 9.34. The van der Waals surface area contributed by atoms with Gasteiger partial charge in [0.15, 0.2) is 0 Å². The summed E-state index contributed by atoms with van der Waals surface area (Å²) >= 11 is 0. The Morgan fingerprint density at radius 1 is 0.970 bits per heavy atom. The first-order chi connectivity index (χ1) is 16.0. The molecular formula is C30H41NOSi. The Kier molecular flexibility index (Phi) is 5.60. The molecule has 33 heavy (non-hydrogen) atoms. The van der Waals surface area contributed by atoms with E-state index in [0.717, 1.165) is 18.5 Å². The molecular weight excluding hydrogens is 418 g/mol. The summed E-state index contributed by atoms with van der Waals surface area (Å²) in [5.41, 5.74) is 8.71. The third-order valence-electron chi connectivity index (χ3n) is 9.49. The average Bonchev–Trinajstić information content (AvgIpc) is 3.21. The molecule has 2 heterocycles. The van der Waals surface area contributed by atoms with Gasteiger partial charge in [0.05, 0.1) is 0 Å². The van der Waals surface area contributed by atoms with Crippen LogP contribution in [0.15, 0.2) is 58.9 Å². The molecule has 1 fully saturated rings. The molecule has 2 aliphatic heterocycles. The summed E-state index contributed by atoms with van der Waals surface area (Å²) in [5, 5.41) is 3.73. The number of benzene rings is 1. The minimum Gasteiger partial charge on any atom is -0.494 e. The highest BCUT2D eigenvalue weighted by Crippen LogP contribution is 2.51. The Balaban J connectivity index is 1.20. The van der Waals surface area contributed by atoms with Gasteiger partial charge in [-0.05, 0) is 84.8 Å². The van der Waals surface area contributed by atoms with Gasteiger partial charge in [-0.3, -0.25) is 0 Å². The molecule has 0 amide bonds. The first kappa shape index (κ1) is 21.8. The van der Waals surface area contributed by atoms with Crippen LogP contribution in [0.3, 0.4) is 0 Å². The van der Waals surface area contributed by atoms with Crippen LogP contribution in [0, 0.1) is 17.8 Å². The van der Waals surface area contributed by atoms with Crippen molar-refractivity contribution >= 4 is 13.8 Å². The maximum atomic E-state index is 6.83. The van der Waals surface area contributed by atoms with Crippen LogP contribution in [0.1, 0.15) is 56.9 Å². The van der Waals surface area contributed by atoms with Crippen molar-refractivity contribution in [3.05, 3.63) is 64.5 Å². The molecule has 1 aromatic carbocycles. The summed E-state index contributed by atoms with van der Waals surface area (Å²) in [6.45, 7) is 8.79. The lowest BCUT2D eigenvalue weighted by atomic mass is 9.68. The molecule has 5 aliphatic rings. The third-order valence-corrected chi connectivity index (χ3v) is 12.4. The average molecular weight is 460 g/mol. The highest BCUT2D eigenvalue weighted by atomic mass is 28.3. The Morgan fingerprint density at radius 2 is 1.85 bits per heavy atom. The van der Waals surface area contributed by atoms with E-state index in [9.17, 15) is 0 Å². The van der Waals surface area contributed by atoms with E-state index in [1.54, 1.807) is 16.7 Å². The minimum atomic E-state index is -1.08. The molecule has 6 rings (SSSR count). The van der Waals surface area contributed by atoms with E-state index in [0.29, 0.717) is 23.9 Å². The van der Waals surface area contributed by atoms with Crippen LogP contribution >= 0.6 is 0 Å². The molecule has 5 atom stereocenters. The van der Waals surface area contributed by atoms with Crippen LogP contribution < -0.4 is 5.32 Å². The molecule has 3 heteroatoms. The minimum absolute atomic E-state index is 0.409. The number of hydrogen-bond donors (Lipinski definition) is 1. The SMILES string of the molecule is C[Si](C)(C)C1CCC=C(C2=CC3=C(CC2)OC2C3CCCC2C2CNc3ccccc3C2)C1. The first-order valence-corrected chi connectivity index (χ1v) is 17.2. The summed E-state index contributed by atoms with van der Waals surface area (Å²) < 4.78 is 6.83. The van der Waals surface area contributed by atoms with Gasteiger partial charge in [-0.25, -0.2) is 0 Å². The molecule has 1 saturated carbocycles. The van der Waals surface area contributed by atoms with Crippen molar-refractivity contribution in [1.82, 2.24) is 0 Å². The number of para-hydroxylation sites is 1. The number of ether oxygens (including phenoxy) is 1. The standard InChI is InChI=1S/C30H41NOSi/c1-33(2,3)24-10-6-9-20(17-24)21-14-15-29-27(18-21)26-12-7-11-25(30(26)32-29)23-16-22-8-4-5-13-28(22)31-19-23/h4-5,8-9,13,18,23-26,30-31H,6-7,10-12,14-17,19H2,1-3H3. The molecule has 0 saturated heterocycles. The van der Waals surface area contributed by atoms with E-state index < -0.39 is 8.07 Å². The smallest absolute Gasteiger partial charge is 0.108 e. The van der Waals surface area contributed by atoms with Gasteiger partial charge in [0.2, 0.25) is 0 Å². The first-order valence-electron chi connectivity index (χ1n) is 13.6. The fraction of sp³-hybridized carbons (Fsp3) is 0.600. The van der Waals surface area contributed by atoms with Crippen LogP contribution in [0.4, 0.5) is 5.69 Å². The second kappa shape index (κ2) is 8.48. The Labute approximate surface area is 201 Å². The quantitative estimate of drug-likeness (QED) is 0.464. The number of nitrogens with one attached hydrogen (secondary N) is 1. The van der Waals surface area contributed by atoms with Gasteiger partial charge in [0.1, 0.15) is 11.9 Å². The lowest BCUT2D eigenvalue weighted by Crippen LogP contribution is -2.41. The summed E-state index contributed by atoms with van der Waals surface area (Å²) in [7, 11) is -1.08. The molecule has 1 aromatic rings. The Hall–Kier alpha value is -1.74. The van der Waals surface area contributed by atoms with Crippen molar-refractivity contribution < 1.29 is 4.74 Å². The maximum absolute atomic E-state index is 6.83. The summed E-state index contributed by atoms with van der Waals surface area (Å²) in [6, 6.07) is 8.89. The van der Waals surface area contributed by atoms with E-state index in [1.165, 1.54) is 68.4 Å². The van der Waals surface area contributed by atoms with Crippen LogP contribution in [0.5, 0.6) is 0 Å². The van der Waals surface area contributed by atoms with E-state index in [4.69, 9.17) is 4.74 Å². The summed E-state index contributed by atoms with van der Waals surface area (Å²) in [4.78, 5) is 0. The molecule has 176 valence electrons. The van der Waals surface area contributed by atoms with Crippen molar-refractivity contribution in [3.8, 4) is 0 Å². The second-order valence-electron chi connectivity index (χ2n) is 12.4. The fourth-order valence-electron chi connectivity index (χ4n) is 7.48. The molecule has 3 aliphatic carbocycles. The predicted octanol–water partition coefficient (Wildman–Crippen LogP) is 7.88. The molecule has 0 aromatic heterocycles. The van der Waals surface area contributed by atoms with Gasteiger partial charge in [-0.2, -0.15) is 0 Å². The van der Waals surface area contributed by atoms with Gasteiger partial charge in [-0.1, -0.05) is 56.4 Å². The lowest BCUT2D eigenvalue weighted by molar-refractivity contribution is 0.00378. The monoisotopic (exact) mass is 459 g/mol. The van der Waals surface area contributed by atoms with Gasteiger partial charge in [-0.15, -0.1) is 0 Å². The zero-order chi connectivity index (χ0) is 22.6. The summed E-state index contributed by atoms with van der Waals surface area (Å²) in [5.74, 6) is 3.35. The second-order valence-corrected chi connectivity index (χ2v) is 18.0. The van der Waals surface area contributed by atoms with Crippen LogP contribution in [0.2, 0.25) is 25.2 Å². The zero-order valence-electron chi connectivity index (χ0n) is 20.8. The molecule has 0 spiro atoms. The number of hydrogen-bond acceptors (Lipinski definition) is 2. The number of fused-ring (bicyclic) bond motifs is 3. The van der Waals surface area contributed by atoms with Gasteiger partial charge >= 0.3 is 0 Å². The molecule has 0 radical (unpaired) electrons. The predicted molar refractivity (Wildman–Crippen MR) is 141 cm³/mol. The van der Waals surface area contributed by atoms with Gasteiger partial charge in [0, 0.05) is 38.6 Å². The zero-order valence-corrected chi connectivity index (χ0v) is 21.8. The largest absolute Gasteiger partial charge is 0.494 e. The normalized spacial score (nSPS) is 33.7. The van der Waals surface area contributed by atoms with Crippen LogP contribution in [-0.4, -0.2) is 20.7 Å². The molecule has 2 nitrogen and oxygen atoms in total. The van der Waals surface area contributed by atoms with E-state index in [2.05, 4.69) is 61.4 Å². The topological polar surface area (TPSA) is 21.3 Å². The van der Waals surface area contributed by atoms with Gasteiger partial charge < -0.3 is 10.1 Å². The number of allylic oxidation sites excluding steroid dienone is 5. The molecule has 1 N–H and O–H groups in total. The lowest BCUT2D eigenvalue weighted by Gasteiger charge is -2.40. The highest BCUT2D eigenvalue weighted by Gasteiger charge is 2.46. The van der Waals surface area contributed by atoms with Crippen molar-refractivity contribution in [1.29, 1.82) is 0 Å².